The van der Waals surface area contributed by atoms with Gasteiger partial charge < -0.3 is 20.2 Å². The topological polar surface area (TPSA) is 109 Å². The van der Waals surface area contributed by atoms with Crippen LogP contribution < -0.4 is 10.5 Å². The summed E-state index contributed by atoms with van der Waals surface area (Å²) in [7, 11) is 1.70. The second kappa shape index (κ2) is 8.80. The molecule has 3 aromatic rings. The van der Waals surface area contributed by atoms with Gasteiger partial charge in [0, 0.05) is 66.8 Å². The minimum atomic E-state index is 0.0817. The number of hydrogen-bond acceptors (Lipinski definition) is 6. The van der Waals surface area contributed by atoms with Crippen molar-refractivity contribution < 1.29 is 9.47 Å². The Kier molecular flexibility index (Phi) is 5.77. The van der Waals surface area contributed by atoms with Gasteiger partial charge in [-0.05, 0) is 23.8 Å². The van der Waals surface area contributed by atoms with E-state index in [4.69, 9.17) is 15.2 Å². The molecule has 1 saturated heterocycles. The van der Waals surface area contributed by atoms with Crippen molar-refractivity contribution in [2.24, 2.45) is 10.7 Å². The molecule has 0 radical (unpaired) electrons. The van der Waals surface area contributed by atoms with Gasteiger partial charge in [0.2, 0.25) is 0 Å². The average molecular weight is 401 g/mol. The normalized spacial score (nSPS) is 15.5. The van der Waals surface area contributed by atoms with Crippen molar-refractivity contribution in [2.75, 3.05) is 20.3 Å². The summed E-state index contributed by atoms with van der Waals surface area (Å²) in [6.07, 6.45) is 8.62. The van der Waals surface area contributed by atoms with Crippen molar-refractivity contribution in [1.82, 2.24) is 9.97 Å². The molecule has 3 heterocycles. The lowest BCUT2D eigenvalue weighted by Crippen LogP contribution is -2.26. The Hall–Kier alpha value is -3.63. The predicted octanol–water partition coefficient (Wildman–Crippen LogP) is 3.66. The lowest BCUT2D eigenvalue weighted by atomic mass is 10.0. The van der Waals surface area contributed by atoms with Crippen molar-refractivity contribution in [2.45, 2.75) is 18.9 Å². The number of aliphatic imine (C=N–C) groups is 1. The molecule has 0 amide bonds. The van der Waals surface area contributed by atoms with Gasteiger partial charge in [-0.1, -0.05) is 6.07 Å². The molecule has 0 spiro atoms. The third-order valence-corrected chi connectivity index (χ3v) is 5.19. The fraction of sp³-hybridized carbons (Fsp3) is 0.261. The Bertz CT molecular complexity index is 1150. The molecule has 1 aromatic carbocycles. The van der Waals surface area contributed by atoms with Gasteiger partial charge in [0.25, 0.3) is 0 Å². The highest BCUT2D eigenvalue weighted by Crippen LogP contribution is 2.33. The summed E-state index contributed by atoms with van der Waals surface area (Å²) in [5.41, 5.74) is 10.6. The maximum atomic E-state index is 9.68. The number of aromatic nitrogens is 2. The van der Waals surface area contributed by atoms with E-state index in [0.717, 1.165) is 46.1 Å². The lowest BCUT2D eigenvalue weighted by Gasteiger charge is -2.23. The molecule has 152 valence electrons. The van der Waals surface area contributed by atoms with E-state index >= 15 is 0 Å². The van der Waals surface area contributed by atoms with Crippen LogP contribution in [0.4, 0.5) is 0 Å². The van der Waals surface area contributed by atoms with E-state index in [1.165, 1.54) is 6.20 Å². The van der Waals surface area contributed by atoms with Crippen LogP contribution in [0.15, 0.2) is 47.9 Å². The number of allylic oxidation sites excluding steroid dienone is 1. The molecule has 4 rings (SSSR count). The Morgan fingerprint density at radius 3 is 2.93 bits per heavy atom. The molecule has 7 nitrogen and oxygen atoms in total. The van der Waals surface area contributed by atoms with E-state index < -0.39 is 0 Å². The van der Waals surface area contributed by atoms with Gasteiger partial charge in [-0.25, -0.2) is 4.98 Å². The smallest absolute Gasteiger partial charge is 0.137 e. The molecule has 0 aliphatic carbocycles. The van der Waals surface area contributed by atoms with E-state index in [2.05, 4.69) is 21.0 Å². The second-order valence-corrected chi connectivity index (χ2v) is 7.08. The van der Waals surface area contributed by atoms with E-state index in [0.29, 0.717) is 24.5 Å². The van der Waals surface area contributed by atoms with Gasteiger partial charge in [-0.15, -0.1) is 0 Å². The van der Waals surface area contributed by atoms with E-state index in [9.17, 15) is 5.26 Å². The number of nitrogens with one attached hydrogen (secondary N) is 1. The number of nitrogens with two attached hydrogens (primary N) is 1. The summed E-state index contributed by atoms with van der Waals surface area (Å²) >= 11 is 0. The van der Waals surface area contributed by atoms with Crippen LogP contribution in [0.1, 0.15) is 24.0 Å². The van der Waals surface area contributed by atoms with Crippen LogP contribution in [-0.2, 0) is 4.74 Å². The van der Waals surface area contributed by atoms with Gasteiger partial charge in [0.05, 0.1) is 18.8 Å². The van der Waals surface area contributed by atoms with Crippen LogP contribution in [0.5, 0.6) is 5.75 Å². The first-order valence-electron chi connectivity index (χ1n) is 9.84. The molecule has 1 aliphatic rings. The van der Waals surface area contributed by atoms with Crippen LogP contribution >= 0.6 is 0 Å². The molecule has 0 atom stereocenters. The van der Waals surface area contributed by atoms with Gasteiger partial charge in [-0.2, -0.15) is 5.26 Å². The Morgan fingerprint density at radius 2 is 2.20 bits per heavy atom. The highest BCUT2D eigenvalue weighted by atomic mass is 16.5. The van der Waals surface area contributed by atoms with E-state index in [1.54, 1.807) is 19.5 Å². The molecule has 0 saturated carbocycles. The number of pyridine rings is 1. The number of ether oxygens (including phenoxy) is 2. The molecule has 3 N–H and O–H groups in total. The molecule has 0 bridgehead atoms. The maximum Gasteiger partial charge on any atom is 0.137 e. The van der Waals surface area contributed by atoms with Gasteiger partial charge >= 0.3 is 0 Å². The summed E-state index contributed by atoms with van der Waals surface area (Å²) in [6, 6.07) is 9.98. The average Bonchev–Trinajstić information content (AvgIpc) is 3.21. The van der Waals surface area contributed by atoms with Crippen LogP contribution in [0.3, 0.4) is 0 Å². The highest BCUT2D eigenvalue weighted by Gasteiger charge is 2.18. The first-order valence-corrected chi connectivity index (χ1v) is 9.84. The molecular weight excluding hydrogens is 378 g/mol. The van der Waals surface area contributed by atoms with Crippen LogP contribution in [0, 0.1) is 11.3 Å². The fourth-order valence-corrected chi connectivity index (χ4v) is 3.61. The zero-order chi connectivity index (χ0) is 20.9. The zero-order valence-electron chi connectivity index (χ0n) is 16.8. The van der Waals surface area contributed by atoms with Crippen molar-refractivity contribution in [1.29, 1.82) is 5.26 Å². The summed E-state index contributed by atoms with van der Waals surface area (Å²) in [4.78, 5) is 11.7. The van der Waals surface area contributed by atoms with Gasteiger partial charge in [-0.3, -0.25) is 4.99 Å². The van der Waals surface area contributed by atoms with Crippen LogP contribution in [0.25, 0.3) is 27.7 Å². The molecule has 1 aliphatic heterocycles. The molecular formula is C23H23N5O2. The number of nitriles is 1. The summed E-state index contributed by atoms with van der Waals surface area (Å²) < 4.78 is 11.4. The highest BCUT2D eigenvalue weighted by molar-refractivity contribution is 6.10. The van der Waals surface area contributed by atoms with Crippen LogP contribution in [-0.4, -0.2) is 42.5 Å². The van der Waals surface area contributed by atoms with Gasteiger partial charge in [0.1, 0.15) is 23.6 Å². The molecule has 0 unspecified atom stereocenters. The molecule has 2 aromatic heterocycles. The third kappa shape index (κ3) is 3.91. The summed E-state index contributed by atoms with van der Waals surface area (Å²) in [5.74, 6) is 0.610. The number of benzene rings is 1. The Balaban J connectivity index is 1.70. The number of hydrogen-bond donors (Lipinski definition) is 2. The fourth-order valence-electron chi connectivity index (χ4n) is 3.61. The van der Waals surface area contributed by atoms with Crippen molar-refractivity contribution in [3.63, 3.8) is 0 Å². The molecule has 7 heteroatoms. The number of fused-ring (bicyclic) bond motifs is 1. The standard InChI is InChI=1S/C23H23N5O2/c1-26-12-18(11-25)17-9-20-21(14-28-23(20)27-13-17)15-2-3-22(16(8-15)10-24)30-19-4-6-29-7-5-19/h2-3,8-9,11-14,19H,4-7,25H2,1H3,(H,27,28). The van der Waals surface area contributed by atoms with Gasteiger partial charge in [0.15, 0.2) is 0 Å². The number of nitrogens with zero attached hydrogens (tertiary/aromatic N) is 3. The number of aromatic amines is 1. The third-order valence-electron chi connectivity index (χ3n) is 5.19. The number of H-pyrrole nitrogens is 1. The summed E-state index contributed by atoms with van der Waals surface area (Å²) in [6.45, 7) is 1.38. The van der Waals surface area contributed by atoms with Crippen molar-refractivity contribution in [3.8, 4) is 22.9 Å². The number of rotatable bonds is 5. The minimum Gasteiger partial charge on any atom is -0.489 e. The lowest BCUT2D eigenvalue weighted by molar-refractivity contribution is 0.0254. The summed E-state index contributed by atoms with van der Waals surface area (Å²) in [5, 5.41) is 10.6. The molecule has 30 heavy (non-hydrogen) atoms. The Morgan fingerprint density at radius 1 is 1.37 bits per heavy atom. The van der Waals surface area contributed by atoms with Crippen molar-refractivity contribution in [3.05, 3.63) is 54.0 Å². The largest absolute Gasteiger partial charge is 0.489 e. The minimum absolute atomic E-state index is 0.0817. The van der Waals surface area contributed by atoms with E-state index in [1.807, 2.05) is 30.5 Å². The zero-order valence-corrected chi connectivity index (χ0v) is 16.8. The first kappa shape index (κ1) is 19.7. The van der Waals surface area contributed by atoms with E-state index in [-0.39, 0.29) is 6.10 Å². The Labute approximate surface area is 174 Å². The van der Waals surface area contributed by atoms with Crippen LogP contribution in [0.2, 0.25) is 0 Å². The maximum absolute atomic E-state index is 9.68. The SMILES string of the molecule is CN=CC(=CN)c1cnc2[nH]cc(-c3ccc(OC4CCOCC4)c(C#N)c3)c2c1. The first-order chi connectivity index (χ1) is 14.7. The molecule has 1 fully saturated rings. The monoisotopic (exact) mass is 401 g/mol. The second-order valence-electron chi connectivity index (χ2n) is 7.08. The quantitative estimate of drug-likeness (QED) is 0.634. The van der Waals surface area contributed by atoms with Crippen molar-refractivity contribution >= 4 is 22.8 Å². The predicted molar refractivity (Wildman–Crippen MR) is 117 cm³/mol.